The van der Waals surface area contributed by atoms with E-state index >= 15 is 0 Å². The summed E-state index contributed by atoms with van der Waals surface area (Å²) in [6.45, 7) is 6.52. The molecular weight excluding hydrogens is 258 g/mol. The van der Waals surface area contributed by atoms with Crippen molar-refractivity contribution in [3.05, 3.63) is 29.0 Å². The molecule has 1 fully saturated rings. The Hall–Kier alpha value is -0.640. The first-order chi connectivity index (χ1) is 9.29. The molecule has 1 saturated heterocycles. The smallest absolute Gasteiger partial charge is 0.133 e. The number of aromatic nitrogens is 1. The van der Waals surface area contributed by atoms with Crippen LogP contribution in [-0.2, 0) is 6.54 Å². The summed E-state index contributed by atoms with van der Waals surface area (Å²) in [6, 6.07) is 4.67. The predicted molar refractivity (Wildman–Crippen MR) is 80.5 cm³/mol. The van der Waals surface area contributed by atoms with E-state index in [9.17, 15) is 0 Å². The first-order valence-corrected chi connectivity index (χ1v) is 7.72. The molecule has 1 atom stereocenters. The maximum Gasteiger partial charge on any atom is 0.133 e. The van der Waals surface area contributed by atoms with Crippen LogP contribution in [0.4, 0.5) is 0 Å². The lowest BCUT2D eigenvalue weighted by Crippen LogP contribution is -2.43. The Balaban J connectivity index is 1.93. The highest BCUT2D eigenvalue weighted by molar-refractivity contribution is 6.30. The standard InChI is InChI=1S/C15H24ClN3/c1-2-10-19(12-14-7-3-4-8-17-14)11-13-6-5-9-18-15(13)16/h5-6,9,14,17H,2-4,7-8,10-12H2,1H3. The Kier molecular flexibility index (Phi) is 6.08. The van der Waals surface area contributed by atoms with Gasteiger partial charge in [0.05, 0.1) is 0 Å². The molecule has 0 aliphatic carbocycles. The lowest BCUT2D eigenvalue weighted by Gasteiger charge is -2.30. The zero-order valence-corrected chi connectivity index (χ0v) is 12.5. The number of rotatable bonds is 6. The second-order valence-electron chi connectivity index (χ2n) is 5.34. The van der Waals surface area contributed by atoms with Crippen molar-refractivity contribution in [1.82, 2.24) is 15.2 Å². The highest BCUT2D eigenvalue weighted by Crippen LogP contribution is 2.16. The minimum atomic E-state index is 0.635. The lowest BCUT2D eigenvalue weighted by molar-refractivity contribution is 0.217. The fraction of sp³-hybridized carbons (Fsp3) is 0.667. The number of nitrogens with zero attached hydrogens (tertiary/aromatic N) is 2. The topological polar surface area (TPSA) is 28.2 Å². The fourth-order valence-corrected chi connectivity index (χ4v) is 2.90. The molecule has 3 nitrogen and oxygen atoms in total. The van der Waals surface area contributed by atoms with Gasteiger partial charge >= 0.3 is 0 Å². The molecule has 0 spiro atoms. The van der Waals surface area contributed by atoms with Gasteiger partial charge in [0.15, 0.2) is 0 Å². The van der Waals surface area contributed by atoms with Crippen molar-refractivity contribution in [1.29, 1.82) is 0 Å². The molecule has 1 aromatic heterocycles. The monoisotopic (exact) mass is 281 g/mol. The minimum Gasteiger partial charge on any atom is -0.313 e. The first kappa shape index (κ1) is 14.8. The number of halogens is 1. The van der Waals surface area contributed by atoms with E-state index in [1.54, 1.807) is 6.20 Å². The molecule has 19 heavy (non-hydrogen) atoms. The summed E-state index contributed by atoms with van der Waals surface area (Å²) in [7, 11) is 0. The highest BCUT2D eigenvalue weighted by atomic mass is 35.5. The van der Waals surface area contributed by atoms with Gasteiger partial charge < -0.3 is 5.32 Å². The van der Waals surface area contributed by atoms with Crippen LogP contribution < -0.4 is 5.32 Å². The van der Waals surface area contributed by atoms with Crippen LogP contribution in [0.25, 0.3) is 0 Å². The maximum atomic E-state index is 6.16. The summed E-state index contributed by atoms with van der Waals surface area (Å²) in [5.74, 6) is 0. The van der Waals surface area contributed by atoms with Gasteiger partial charge in [-0.1, -0.05) is 31.0 Å². The van der Waals surface area contributed by atoms with Gasteiger partial charge in [-0.3, -0.25) is 4.90 Å². The summed E-state index contributed by atoms with van der Waals surface area (Å²) in [5.41, 5.74) is 1.13. The van der Waals surface area contributed by atoms with E-state index in [1.807, 2.05) is 6.07 Å². The van der Waals surface area contributed by atoms with Gasteiger partial charge in [-0.2, -0.15) is 0 Å². The van der Waals surface area contributed by atoms with Gasteiger partial charge in [0.25, 0.3) is 0 Å². The second-order valence-corrected chi connectivity index (χ2v) is 5.69. The number of nitrogens with one attached hydrogen (secondary N) is 1. The van der Waals surface area contributed by atoms with Crippen LogP contribution in [-0.4, -0.2) is 35.6 Å². The van der Waals surface area contributed by atoms with E-state index < -0.39 is 0 Å². The average Bonchev–Trinajstić information content (AvgIpc) is 2.43. The maximum absolute atomic E-state index is 6.16. The van der Waals surface area contributed by atoms with E-state index in [4.69, 9.17) is 11.6 Å². The summed E-state index contributed by atoms with van der Waals surface area (Å²) in [4.78, 5) is 6.65. The summed E-state index contributed by atoms with van der Waals surface area (Å²) in [6.07, 6.45) is 6.88. The van der Waals surface area contributed by atoms with Crippen molar-refractivity contribution in [3.63, 3.8) is 0 Å². The molecule has 2 heterocycles. The number of hydrogen-bond donors (Lipinski definition) is 1. The van der Waals surface area contributed by atoms with Crippen molar-refractivity contribution in [3.8, 4) is 0 Å². The van der Waals surface area contributed by atoms with E-state index in [0.717, 1.165) is 31.7 Å². The molecule has 1 aliphatic heterocycles. The van der Waals surface area contributed by atoms with Crippen LogP contribution in [0.5, 0.6) is 0 Å². The van der Waals surface area contributed by atoms with Crippen molar-refractivity contribution < 1.29 is 0 Å². The van der Waals surface area contributed by atoms with Crippen LogP contribution in [0, 0.1) is 0 Å². The number of pyridine rings is 1. The van der Waals surface area contributed by atoms with Crippen molar-refractivity contribution in [2.45, 2.75) is 45.2 Å². The second kappa shape index (κ2) is 7.83. The number of hydrogen-bond acceptors (Lipinski definition) is 3. The predicted octanol–water partition coefficient (Wildman–Crippen LogP) is 3.09. The Morgan fingerprint density at radius 2 is 2.37 bits per heavy atom. The minimum absolute atomic E-state index is 0.635. The quantitative estimate of drug-likeness (QED) is 0.812. The molecule has 2 rings (SSSR count). The molecular formula is C15H24ClN3. The zero-order chi connectivity index (χ0) is 13.5. The van der Waals surface area contributed by atoms with Crippen molar-refractivity contribution in [2.24, 2.45) is 0 Å². The van der Waals surface area contributed by atoms with Gasteiger partial charge in [-0.25, -0.2) is 4.98 Å². The van der Waals surface area contributed by atoms with E-state index in [0.29, 0.717) is 11.2 Å². The molecule has 0 aromatic carbocycles. The highest BCUT2D eigenvalue weighted by Gasteiger charge is 2.17. The van der Waals surface area contributed by atoms with Gasteiger partial charge in [0.2, 0.25) is 0 Å². The molecule has 1 aromatic rings. The van der Waals surface area contributed by atoms with Crippen LogP contribution in [0.15, 0.2) is 18.3 Å². The van der Waals surface area contributed by atoms with E-state index in [-0.39, 0.29) is 0 Å². The van der Waals surface area contributed by atoms with Crippen LogP contribution in [0.2, 0.25) is 5.15 Å². The molecule has 1 aliphatic rings. The molecule has 106 valence electrons. The summed E-state index contributed by atoms with van der Waals surface area (Å²) >= 11 is 6.16. The SMILES string of the molecule is CCCN(Cc1cccnc1Cl)CC1CCCCN1. The Morgan fingerprint density at radius 1 is 1.47 bits per heavy atom. The molecule has 0 bridgehead atoms. The zero-order valence-electron chi connectivity index (χ0n) is 11.7. The van der Waals surface area contributed by atoms with Crippen molar-refractivity contribution >= 4 is 11.6 Å². The van der Waals surface area contributed by atoms with Crippen LogP contribution in [0.3, 0.4) is 0 Å². The largest absolute Gasteiger partial charge is 0.313 e. The molecule has 4 heteroatoms. The Bertz CT molecular complexity index is 377. The van der Waals surface area contributed by atoms with Gasteiger partial charge in [0.1, 0.15) is 5.15 Å². The molecule has 0 saturated carbocycles. The van der Waals surface area contributed by atoms with E-state index in [1.165, 1.54) is 25.7 Å². The molecule has 0 amide bonds. The molecule has 1 unspecified atom stereocenters. The first-order valence-electron chi connectivity index (χ1n) is 7.34. The molecule has 0 radical (unpaired) electrons. The summed E-state index contributed by atoms with van der Waals surface area (Å²) in [5, 5.41) is 4.26. The van der Waals surface area contributed by atoms with E-state index in [2.05, 4.69) is 28.2 Å². The third-order valence-corrected chi connectivity index (χ3v) is 4.00. The third-order valence-electron chi connectivity index (χ3n) is 3.66. The van der Waals surface area contributed by atoms with Crippen molar-refractivity contribution in [2.75, 3.05) is 19.6 Å². The van der Waals surface area contributed by atoms with Gasteiger partial charge in [-0.15, -0.1) is 0 Å². The number of piperidine rings is 1. The van der Waals surface area contributed by atoms with Crippen LogP contribution >= 0.6 is 11.6 Å². The normalized spacial score (nSPS) is 19.8. The third kappa shape index (κ3) is 4.75. The lowest BCUT2D eigenvalue weighted by atomic mass is 10.0. The molecule has 1 N–H and O–H groups in total. The average molecular weight is 282 g/mol. The Labute approximate surface area is 121 Å². The fourth-order valence-electron chi connectivity index (χ4n) is 2.72. The Morgan fingerprint density at radius 3 is 3.05 bits per heavy atom. The van der Waals surface area contributed by atoms with Gasteiger partial charge in [0, 0.05) is 30.9 Å². The van der Waals surface area contributed by atoms with Gasteiger partial charge in [-0.05, 0) is 38.4 Å². The summed E-state index contributed by atoms with van der Waals surface area (Å²) < 4.78 is 0. The van der Waals surface area contributed by atoms with Crippen LogP contribution in [0.1, 0.15) is 38.2 Å².